The molecular weight excluding hydrogens is 306 g/mol. The Bertz CT molecular complexity index is 470. The molecule has 6 nitrogen and oxygen atoms in total. The molecular formula is C18H31N3O3. The minimum Gasteiger partial charge on any atom is -0.480 e. The lowest BCUT2D eigenvalue weighted by Gasteiger charge is -2.45. The Hall–Kier alpha value is -1.30. The van der Waals surface area contributed by atoms with Gasteiger partial charge in [-0.3, -0.25) is 9.69 Å². The van der Waals surface area contributed by atoms with E-state index in [1.165, 1.54) is 19.3 Å². The van der Waals surface area contributed by atoms with Crippen molar-refractivity contribution in [2.75, 3.05) is 19.6 Å². The average molecular weight is 337 g/mol. The molecule has 0 radical (unpaired) electrons. The van der Waals surface area contributed by atoms with Gasteiger partial charge in [-0.2, -0.15) is 0 Å². The number of likely N-dealkylation sites (N-methyl/N-ethyl adjacent to an activating group) is 1. The summed E-state index contributed by atoms with van der Waals surface area (Å²) in [5, 5.41) is 12.2. The lowest BCUT2D eigenvalue weighted by atomic mass is 9.80. The number of carboxylic acid groups (broad SMARTS) is 1. The molecule has 0 bridgehead atoms. The fourth-order valence-corrected chi connectivity index (χ4v) is 4.91. The van der Waals surface area contributed by atoms with E-state index in [1.807, 2.05) is 11.8 Å². The van der Waals surface area contributed by atoms with Crippen LogP contribution in [0.5, 0.6) is 0 Å². The Labute approximate surface area is 144 Å². The van der Waals surface area contributed by atoms with Crippen LogP contribution >= 0.6 is 0 Å². The second-order valence-corrected chi connectivity index (χ2v) is 7.77. The SMILES string of the molecule is CCN(CC(=O)O)C1CC(NC(=O)N2CCCC23CCCCC3)C1. The number of amides is 2. The third kappa shape index (κ3) is 3.53. The number of carboxylic acids is 1. The van der Waals surface area contributed by atoms with Crippen molar-refractivity contribution in [2.24, 2.45) is 0 Å². The number of hydrogen-bond acceptors (Lipinski definition) is 3. The number of nitrogens with one attached hydrogen (secondary N) is 1. The highest BCUT2D eigenvalue weighted by Gasteiger charge is 2.45. The molecule has 136 valence electrons. The van der Waals surface area contributed by atoms with Crippen molar-refractivity contribution in [3.05, 3.63) is 0 Å². The van der Waals surface area contributed by atoms with Crippen LogP contribution in [0, 0.1) is 0 Å². The maximum Gasteiger partial charge on any atom is 0.318 e. The molecule has 0 aromatic carbocycles. The van der Waals surface area contributed by atoms with Crippen LogP contribution in [-0.4, -0.2) is 64.2 Å². The van der Waals surface area contributed by atoms with Crippen molar-refractivity contribution in [3.63, 3.8) is 0 Å². The average Bonchev–Trinajstić information content (AvgIpc) is 2.92. The maximum atomic E-state index is 12.8. The first-order chi connectivity index (χ1) is 11.5. The van der Waals surface area contributed by atoms with Gasteiger partial charge in [0.25, 0.3) is 0 Å². The van der Waals surface area contributed by atoms with E-state index in [9.17, 15) is 9.59 Å². The largest absolute Gasteiger partial charge is 0.480 e. The predicted molar refractivity (Wildman–Crippen MR) is 92.0 cm³/mol. The summed E-state index contributed by atoms with van der Waals surface area (Å²) in [5.41, 5.74) is 0.129. The zero-order valence-electron chi connectivity index (χ0n) is 14.8. The number of urea groups is 1. The first kappa shape index (κ1) is 17.5. The third-order valence-electron chi connectivity index (χ3n) is 6.33. The van der Waals surface area contributed by atoms with E-state index in [1.54, 1.807) is 0 Å². The lowest BCUT2D eigenvalue weighted by molar-refractivity contribution is -0.139. The second-order valence-electron chi connectivity index (χ2n) is 7.77. The number of rotatable bonds is 5. The number of likely N-dealkylation sites (tertiary alicyclic amines) is 1. The molecule has 2 aliphatic carbocycles. The van der Waals surface area contributed by atoms with Crippen LogP contribution in [0.25, 0.3) is 0 Å². The Balaban J connectivity index is 1.49. The van der Waals surface area contributed by atoms with Crippen LogP contribution in [-0.2, 0) is 4.79 Å². The van der Waals surface area contributed by atoms with E-state index in [2.05, 4.69) is 10.2 Å². The highest BCUT2D eigenvalue weighted by molar-refractivity contribution is 5.76. The molecule has 0 aromatic rings. The highest BCUT2D eigenvalue weighted by Crippen LogP contribution is 2.41. The Morgan fingerprint density at radius 1 is 1.17 bits per heavy atom. The summed E-state index contributed by atoms with van der Waals surface area (Å²) >= 11 is 0. The summed E-state index contributed by atoms with van der Waals surface area (Å²) in [4.78, 5) is 27.8. The molecule has 3 rings (SSSR count). The first-order valence-electron chi connectivity index (χ1n) is 9.58. The summed E-state index contributed by atoms with van der Waals surface area (Å²) in [5.74, 6) is -0.777. The van der Waals surface area contributed by atoms with Gasteiger partial charge in [-0.05, 0) is 45.1 Å². The Kier molecular flexibility index (Phi) is 5.33. The molecule has 1 spiro atoms. The van der Waals surface area contributed by atoms with Crippen molar-refractivity contribution in [2.45, 2.75) is 82.3 Å². The van der Waals surface area contributed by atoms with Crippen LogP contribution in [0.4, 0.5) is 4.79 Å². The van der Waals surface area contributed by atoms with Gasteiger partial charge in [0.05, 0.1) is 6.54 Å². The van der Waals surface area contributed by atoms with Gasteiger partial charge >= 0.3 is 12.0 Å². The first-order valence-corrected chi connectivity index (χ1v) is 9.58. The molecule has 6 heteroatoms. The van der Waals surface area contributed by atoms with Gasteiger partial charge in [0.1, 0.15) is 0 Å². The van der Waals surface area contributed by atoms with E-state index >= 15 is 0 Å². The summed E-state index contributed by atoms with van der Waals surface area (Å²) in [6.07, 6.45) is 10.1. The molecule has 2 saturated carbocycles. The van der Waals surface area contributed by atoms with Crippen LogP contribution in [0.1, 0.15) is 64.7 Å². The number of hydrogen-bond donors (Lipinski definition) is 2. The Morgan fingerprint density at radius 2 is 1.83 bits per heavy atom. The maximum absolute atomic E-state index is 12.8. The summed E-state index contributed by atoms with van der Waals surface area (Å²) in [6, 6.07) is 0.601. The monoisotopic (exact) mass is 337 g/mol. The molecule has 0 aromatic heterocycles. The van der Waals surface area contributed by atoms with E-state index in [0.29, 0.717) is 6.04 Å². The van der Waals surface area contributed by atoms with E-state index in [0.717, 1.165) is 51.6 Å². The second kappa shape index (κ2) is 7.30. The number of aliphatic carboxylic acids is 1. The minimum atomic E-state index is -0.777. The van der Waals surface area contributed by atoms with E-state index in [-0.39, 0.29) is 24.2 Å². The summed E-state index contributed by atoms with van der Waals surface area (Å²) in [7, 11) is 0. The van der Waals surface area contributed by atoms with Crippen molar-refractivity contribution < 1.29 is 14.7 Å². The molecule has 0 atom stereocenters. The number of carbonyl (C=O) groups is 2. The van der Waals surface area contributed by atoms with Crippen molar-refractivity contribution >= 4 is 12.0 Å². The van der Waals surface area contributed by atoms with E-state index < -0.39 is 5.97 Å². The minimum absolute atomic E-state index is 0.0943. The standard InChI is InChI=1S/C18H31N3O3/c1-2-20(13-16(22)23)15-11-14(12-15)19-17(24)21-10-6-9-18(21)7-4-3-5-8-18/h14-15H,2-13H2,1H3,(H,19,24)(H,22,23). The van der Waals surface area contributed by atoms with E-state index in [4.69, 9.17) is 5.11 Å². The van der Waals surface area contributed by atoms with Gasteiger partial charge in [0.2, 0.25) is 0 Å². The highest BCUT2D eigenvalue weighted by atomic mass is 16.4. The molecule has 2 N–H and O–H groups in total. The zero-order chi connectivity index (χ0) is 17.2. The van der Waals surface area contributed by atoms with Crippen molar-refractivity contribution in [1.82, 2.24) is 15.1 Å². The topological polar surface area (TPSA) is 72.9 Å². The van der Waals surface area contributed by atoms with Crippen LogP contribution in [0.3, 0.4) is 0 Å². The summed E-state index contributed by atoms with van der Waals surface area (Å²) in [6.45, 7) is 3.72. The fourth-order valence-electron chi connectivity index (χ4n) is 4.91. The smallest absolute Gasteiger partial charge is 0.318 e. The molecule has 3 aliphatic rings. The van der Waals surface area contributed by atoms with Gasteiger partial charge in [-0.25, -0.2) is 4.79 Å². The summed E-state index contributed by atoms with van der Waals surface area (Å²) < 4.78 is 0. The molecule has 0 unspecified atom stereocenters. The van der Waals surface area contributed by atoms with Crippen LogP contribution in [0.15, 0.2) is 0 Å². The zero-order valence-corrected chi connectivity index (χ0v) is 14.8. The molecule has 24 heavy (non-hydrogen) atoms. The van der Waals surface area contributed by atoms with Gasteiger partial charge in [-0.1, -0.05) is 26.2 Å². The molecule has 1 saturated heterocycles. The number of nitrogens with zero attached hydrogens (tertiary/aromatic N) is 2. The molecule has 2 amide bonds. The van der Waals surface area contributed by atoms with Crippen LogP contribution < -0.4 is 5.32 Å². The van der Waals surface area contributed by atoms with Crippen LogP contribution in [0.2, 0.25) is 0 Å². The number of carbonyl (C=O) groups excluding carboxylic acids is 1. The lowest BCUT2D eigenvalue weighted by Crippen LogP contribution is -2.59. The predicted octanol–water partition coefficient (Wildman–Crippen LogP) is 2.43. The van der Waals surface area contributed by atoms with Gasteiger partial charge in [0.15, 0.2) is 0 Å². The quantitative estimate of drug-likeness (QED) is 0.808. The molecule has 1 heterocycles. The fraction of sp³-hybridized carbons (Fsp3) is 0.889. The normalized spacial score (nSPS) is 28.8. The van der Waals surface area contributed by atoms with Crippen molar-refractivity contribution in [3.8, 4) is 0 Å². The van der Waals surface area contributed by atoms with Gasteiger partial charge < -0.3 is 15.3 Å². The third-order valence-corrected chi connectivity index (χ3v) is 6.33. The molecule has 1 aliphatic heterocycles. The molecule has 3 fully saturated rings. The Morgan fingerprint density at radius 3 is 2.46 bits per heavy atom. The van der Waals surface area contributed by atoms with Crippen molar-refractivity contribution in [1.29, 1.82) is 0 Å². The van der Waals surface area contributed by atoms with Gasteiger partial charge in [0, 0.05) is 24.2 Å². The van der Waals surface area contributed by atoms with Gasteiger partial charge in [-0.15, -0.1) is 0 Å².